The number of carboxylic acid groups (broad SMARTS) is 1. The van der Waals surface area contributed by atoms with E-state index in [9.17, 15) is 14.7 Å². The molecule has 4 aromatic rings. The van der Waals surface area contributed by atoms with Gasteiger partial charge in [0.1, 0.15) is 0 Å². The molecule has 0 saturated heterocycles. The number of thiazole rings is 1. The number of nitrogens with zero attached hydrogens (tertiary/aromatic N) is 1. The van der Waals surface area contributed by atoms with Crippen LogP contribution in [0.15, 0.2) is 84.9 Å². The first-order valence-corrected chi connectivity index (χ1v) is 9.70. The summed E-state index contributed by atoms with van der Waals surface area (Å²) in [6.07, 6.45) is 0. The van der Waals surface area contributed by atoms with E-state index >= 15 is 0 Å². The van der Waals surface area contributed by atoms with E-state index in [1.807, 2.05) is 60.7 Å². The van der Waals surface area contributed by atoms with E-state index in [2.05, 4.69) is 10.3 Å². The molecule has 29 heavy (non-hydrogen) atoms. The lowest BCUT2D eigenvalue weighted by Crippen LogP contribution is -2.16. The van der Waals surface area contributed by atoms with Crippen LogP contribution in [0.4, 0.5) is 5.13 Å². The molecule has 0 aliphatic heterocycles. The molecule has 0 unspecified atom stereocenters. The summed E-state index contributed by atoms with van der Waals surface area (Å²) in [4.78, 5) is 29.7. The minimum Gasteiger partial charge on any atom is -0.478 e. The van der Waals surface area contributed by atoms with Gasteiger partial charge in [0, 0.05) is 5.56 Å². The van der Waals surface area contributed by atoms with Crippen molar-refractivity contribution in [2.45, 2.75) is 0 Å². The number of nitrogens with one attached hydrogen (secondary N) is 1. The molecule has 3 aromatic carbocycles. The summed E-state index contributed by atoms with van der Waals surface area (Å²) in [5.41, 5.74) is 2.75. The zero-order chi connectivity index (χ0) is 20.2. The fourth-order valence-electron chi connectivity index (χ4n) is 2.98. The van der Waals surface area contributed by atoms with E-state index in [-0.39, 0.29) is 11.1 Å². The van der Waals surface area contributed by atoms with Gasteiger partial charge in [0.2, 0.25) is 0 Å². The molecule has 0 saturated carbocycles. The Hall–Kier alpha value is -3.77. The average Bonchev–Trinajstić information content (AvgIpc) is 3.18. The van der Waals surface area contributed by atoms with Crippen LogP contribution in [0, 0.1) is 0 Å². The standard InChI is InChI=1S/C23H16N2O3S/c26-21(17-13-7-8-14-18(17)22(27)28)25-23-24-19(15-9-3-1-4-10-15)20(29-23)16-11-5-2-6-12-16/h1-14H,(H,27,28)(H,24,25,26). The third-order valence-electron chi connectivity index (χ3n) is 4.33. The predicted octanol–water partition coefficient (Wildman–Crippen LogP) is 5.43. The minimum absolute atomic E-state index is 0.0480. The van der Waals surface area contributed by atoms with Crippen molar-refractivity contribution >= 4 is 28.3 Å². The van der Waals surface area contributed by atoms with Gasteiger partial charge in [-0.2, -0.15) is 0 Å². The Labute approximate surface area is 171 Å². The minimum atomic E-state index is -1.15. The number of carbonyl (C=O) groups is 2. The van der Waals surface area contributed by atoms with Gasteiger partial charge >= 0.3 is 5.97 Å². The monoisotopic (exact) mass is 400 g/mol. The van der Waals surface area contributed by atoms with Gasteiger partial charge in [0.25, 0.3) is 5.91 Å². The summed E-state index contributed by atoms with van der Waals surface area (Å²) in [5.74, 6) is -1.65. The van der Waals surface area contributed by atoms with Crippen LogP contribution >= 0.6 is 11.3 Å². The number of rotatable bonds is 5. The Morgan fingerprint density at radius 2 is 1.31 bits per heavy atom. The highest BCUT2D eigenvalue weighted by Gasteiger charge is 2.19. The van der Waals surface area contributed by atoms with Crippen LogP contribution in [-0.2, 0) is 0 Å². The van der Waals surface area contributed by atoms with Crippen LogP contribution in [-0.4, -0.2) is 22.0 Å². The summed E-state index contributed by atoms with van der Waals surface area (Å²) in [5, 5.41) is 12.5. The lowest BCUT2D eigenvalue weighted by atomic mass is 10.1. The van der Waals surface area contributed by atoms with E-state index in [1.165, 1.54) is 23.5 Å². The molecule has 0 spiro atoms. The fourth-order valence-corrected chi connectivity index (χ4v) is 3.97. The Balaban J connectivity index is 1.73. The first-order chi connectivity index (χ1) is 14.1. The number of hydrogen-bond donors (Lipinski definition) is 2. The Morgan fingerprint density at radius 3 is 1.93 bits per heavy atom. The van der Waals surface area contributed by atoms with Gasteiger partial charge < -0.3 is 5.11 Å². The molecule has 0 atom stereocenters. The number of anilines is 1. The smallest absolute Gasteiger partial charge is 0.336 e. The third kappa shape index (κ3) is 3.93. The Bertz CT molecular complexity index is 1110. The van der Waals surface area contributed by atoms with E-state index in [1.54, 1.807) is 12.1 Å². The van der Waals surface area contributed by atoms with E-state index in [0.29, 0.717) is 5.13 Å². The molecule has 1 amide bonds. The molecule has 0 bridgehead atoms. The van der Waals surface area contributed by atoms with Crippen LogP contribution in [0.25, 0.3) is 21.7 Å². The van der Waals surface area contributed by atoms with Crippen molar-refractivity contribution in [3.8, 4) is 21.7 Å². The lowest BCUT2D eigenvalue weighted by molar-refractivity contribution is 0.0692. The molecule has 142 valence electrons. The summed E-state index contributed by atoms with van der Waals surface area (Å²) in [6, 6.07) is 25.7. The normalized spacial score (nSPS) is 10.5. The second kappa shape index (κ2) is 8.08. The fraction of sp³-hybridized carbons (Fsp3) is 0. The predicted molar refractivity (Wildman–Crippen MR) is 114 cm³/mol. The van der Waals surface area contributed by atoms with E-state index in [4.69, 9.17) is 0 Å². The molecular formula is C23H16N2O3S. The summed E-state index contributed by atoms with van der Waals surface area (Å²) in [7, 11) is 0. The highest BCUT2D eigenvalue weighted by Crippen LogP contribution is 2.39. The molecule has 1 heterocycles. The van der Waals surface area contributed by atoms with Crippen LogP contribution in [0.3, 0.4) is 0 Å². The quantitative estimate of drug-likeness (QED) is 0.468. The second-order valence-corrected chi connectivity index (χ2v) is 7.23. The molecule has 4 rings (SSSR count). The van der Waals surface area contributed by atoms with Crippen molar-refractivity contribution in [1.29, 1.82) is 0 Å². The molecule has 0 aliphatic carbocycles. The van der Waals surface area contributed by atoms with Gasteiger partial charge in [-0.25, -0.2) is 9.78 Å². The maximum absolute atomic E-state index is 12.7. The van der Waals surface area contributed by atoms with E-state index < -0.39 is 11.9 Å². The largest absolute Gasteiger partial charge is 0.478 e. The van der Waals surface area contributed by atoms with Gasteiger partial charge in [-0.05, 0) is 17.7 Å². The van der Waals surface area contributed by atoms with Gasteiger partial charge in [-0.15, -0.1) is 0 Å². The molecule has 5 nitrogen and oxygen atoms in total. The highest BCUT2D eigenvalue weighted by atomic mass is 32.1. The van der Waals surface area contributed by atoms with Gasteiger partial charge in [0.05, 0.1) is 21.7 Å². The Kier molecular flexibility index (Phi) is 5.18. The summed E-state index contributed by atoms with van der Waals surface area (Å²) >= 11 is 1.35. The van der Waals surface area contributed by atoms with Gasteiger partial charge in [-0.1, -0.05) is 84.1 Å². The van der Waals surface area contributed by atoms with Crippen molar-refractivity contribution in [3.63, 3.8) is 0 Å². The first-order valence-electron chi connectivity index (χ1n) is 8.89. The summed E-state index contributed by atoms with van der Waals surface area (Å²) < 4.78 is 0. The molecule has 0 aliphatic rings. The van der Waals surface area contributed by atoms with Crippen molar-refractivity contribution in [1.82, 2.24) is 4.98 Å². The zero-order valence-electron chi connectivity index (χ0n) is 15.2. The average molecular weight is 400 g/mol. The first kappa shape index (κ1) is 18.6. The van der Waals surface area contributed by atoms with Crippen molar-refractivity contribution in [2.24, 2.45) is 0 Å². The van der Waals surface area contributed by atoms with Gasteiger partial charge in [0.15, 0.2) is 5.13 Å². The van der Waals surface area contributed by atoms with Crippen LogP contribution in [0.1, 0.15) is 20.7 Å². The number of carbonyl (C=O) groups excluding carboxylic acids is 1. The van der Waals surface area contributed by atoms with Crippen LogP contribution in [0.5, 0.6) is 0 Å². The summed E-state index contributed by atoms with van der Waals surface area (Å²) in [6.45, 7) is 0. The van der Waals surface area contributed by atoms with E-state index in [0.717, 1.165) is 21.7 Å². The molecule has 0 fully saturated rings. The molecular weight excluding hydrogens is 384 g/mol. The number of aromatic nitrogens is 1. The highest BCUT2D eigenvalue weighted by molar-refractivity contribution is 7.19. The maximum atomic E-state index is 12.7. The second-order valence-electron chi connectivity index (χ2n) is 6.23. The number of carboxylic acids is 1. The molecule has 2 N–H and O–H groups in total. The topological polar surface area (TPSA) is 79.3 Å². The van der Waals surface area contributed by atoms with Crippen molar-refractivity contribution in [3.05, 3.63) is 96.1 Å². The molecule has 1 aromatic heterocycles. The SMILES string of the molecule is O=C(O)c1ccccc1C(=O)Nc1nc(-c2ccccc2)c(-c2ccccc2)s1. The number of amides is 1. The number of hydrogen-bond acceptors (Lipinski definition) is 4. The number of benzene rings is 3. The van der Waals surface area contributed by atoms with Crippen molar-refractivity contribution in [2.75, 3.05) is 5.32 Å². The van der Waals surface area contributed by atoms with Gasteiger partial charge in [-0.3, -0.25) is 10.1 Å². The van der Waals surface area contributed by atoms with Crippen LogP contribution < -0.4 is 5.32 Å². The number of aromatic carboxylic acids is 1. The maximum Gasteiger partial charge on any atom is 0.336 e. The molecule has 6 heteroatoms. The van der Waals surface area contributed by atoms with Crippen molar-refractivity contribution < 1.29 is 14.7 Å². The third-order valence-corrected chi connectivity index (χ3v) is 5.35. The molecule has 0 radical (unpaired) electrons. The lowest BCUT2D eigenvalue weighted by Gasteiger charge is -2.05. The zero-order valence-corrected chi connectivity index (χ0v) is 16.0. The Morgan fingerprint density at radius 1 is 0.759 bits per heavy atom. The van der Waals surface area contributed by atoms with Crippen LogP contribution in [0.2, 0.25) is 0 Å².